The normalized spacial score (nSPS) is 15.2. The molecular formula is C18H21F2N3O2. The molecule has 0 N–H and O–H groups in total. The highest BCUT2D eigenvalue weighted by Gasteiger charge is 2.21. The largest absolute Gasteiger partial charge is 0.481 e. The van der Waals surface area contributed by atoms with E-state index in [1.807, 2.05) is 11.9 Å². The molecule has 1 aromatic carbocycles. The van der Waals surface area contributed by atoms with Crippen LogP contribution >= 0.6 is 0 Å². The van der Waals surface area contributed by atoms with E-state index in [2.05, 4.69) is 9.97 Å². The number of benzene rings is 1. The van der Waals surface area contributed by atoms with E-state index in [4.69, 9.17) is 9.47 Å². The SMILES string of the molecule is COc1cc(N(C)Cc2ccc(F)c(F)c2)nc(C2CCOCC2)n1. The van der Waals surface area contributed by atoms with E-state index in [0.29, 0.717) is 37.0 Å². The quantitative estimate of drug-likeness (QED) is 0.829. The Labute approximate surface area is 145 Å². The number of hydrogen-bond donors (Lipinski definition) is 0. The van der Waals surface area contributed by atoms with E-state index in [0.717, 1.165) is 24.7 Å². The first-order valence-electron chi connectivity index (χ1n) is 8.22. The smallest absolute Gasteiger partial charge is 0.218 e. The van der Waals surface area contributed by atoms with E-state index in [9.17, 15) is 8.78 Å². The molecule has 134 valence electrons. The van der Waals surface area contributed by atoms with Gasteiger partial charge in [-0.25, -0.2) is 13.8 Å². The molecule has 0 aliphatic carbocycles. The van der Waals surface area contributed by atoms with E-state index in [1.54, 1.807) is 19.2 Å². The lowest BCUT2D eigenvalue weighted by Gasteiger charge is -2.24. The van der Waals surface area contributed by atoms with E-state index in [1.165, 1.54) is 6.07 Å². The third-order valence-electron chi connectivity index (χ3n) is 4.30. The molecule has 3 rings (SSSR count). The molecule has 0 bridgehead atoms. The molecule has 1 aromatic heterocycles. The number of anilines is 1. The second kappa shape index (κ2) is 7.74. The Balaban J connectivity index is 1.82. The molecule has 0 atom stereocenters. The molecule has 0 radical (unpaired) electrons. The maximum atomic E-state index is 13.4. The van der Waals surface area contributed by atoms with Crippen LogP contribution in [-0.2, 0) is 11.3 Å². The summed E-state index contributed by atoms with van der Waals surface area (Å²) >= 11 is 0. The lowest BCUT2D eigenvalue weighted by Crippen LogP contribution is -2.21. The summed E-state index contributed by atoms with van der Waals surface area (Å²) in [7, 11) is 3.41. The van der Waals surface area contributed by atoms with Crippen LogP contribution < -0.4 is 9.64 Å². The Morgan fingerprint density at radius 2 is 1.92 bits per heavy atom. The van der Waals surface area contributed by atoms with Gasteiger partial charge in [-0.1, -0.05) is 6.07 Å². The third-order valence-corrected chi connectivity index (χ3v) is 4.30. The van der Waals surface area contributed by atoms with Crippen molar-refractivity contribution in [2.45, 2.75) is 25.3 Å². The van der Waals surface area contributed by atoms with Crippen LogP contribution in [0.5, 0.6) is 5.88 Å². The Kier molecular flexibility index (Phi) is 5.43. The maximum absolute atomic E-state index is 13.4. The van der Waals surface area contributed by atoms with Crippen LogP contribution in [-0.4, -0.2) is 37.3 Å². The predicted molar refractivity (Wildman–Crippen MR) is 89.8 cm³/mol. The molecule has 0 saturated carbocycles. The van der Waals surface area contributed by atoms with Crippen molar-refractivity contribution in [2.24, 2.45) is 0 Å². The molecule has 0 spiro atoms. The fraction of sp³-hybridized carbons (Fsp3) is 0.444. The number of rotatable bonds is 5. The Morgan fingerprint density at radius 1 is 1.16 bits per heavy atom. The number of methoxy groups -OCH3 is 1. The molecular weight excluding hydrogens is 328 g/mol. The number of hydrogen-bond acceptors (Lipinski definition) is 5. The summed E-state index contributed by atoms with van der Waals surface area (Å²) in [6, 6.07) is 5.63. The highest BCUT2D eigenvalue weighted by Crippen LogP contribution is 2.28. The summed E-state index contributed by atoms with van der Waals surface area (Å²) in [4.78, 5) is 11.0. The summed E-state index contributed by atoms with van der Waals surface area (Å²) in [5.74, 6) is 0.432. The third kappa shape index (κ3) is 4.22. The first-order chi connectivity index (χ1) is 12.1. The summed E-state index contributed by atoms with van der Waals surface area (Å²) < 4.78 is 37.2. The van der Waals surface area contributed by atoms with Gasteiger partial charge in [-0.3, -0.25) is 0 Å². The lowest BCUT2D eigenvalue weighted by atomic mass is 9.99. The van der Waals surface area contributed by atoms with Gasteiger partial charge in [0.25, 0.3) is 0 Å². The first-order valence-corrected chi connectivity index (χ1v) is 8.22. The summed E-state index contributed by atoms with van der Waals surface area (Å²) in [6.45, 7) is 1.79. The minimum Gasteiger partial charge on any atom is -0.481 e. The molecule has 1 fully saturated rings. The summed E-state index contributed by atoms with van der Waals surface area (Å²) in [6.07, 6.45) is 1.75. The van der Waals surface area contributed by atoms with Crippen LogP contribution in [0, 0.1) is 11.6 Å². The van der Waals surface area contributed by atoms with E-state index >= 15 is 0 Å². The van der Waals surface area contributed by atoms with Gasteiger partial charge in [0.2, 0.25) is 5.88 Å². The zero-order valence-corrected chi connectivity index (χ0v) is 14.3. The fourth-order valence-electron chi connectivity index (χ4n) is 2.86. The van der Waals surface area contributed by atoms with Gasteiger partial charge in [0, 0.05) is 38.8 Å². The topological polar surface area (TPSA) is 47.5 Å². The van der Waals surface area contributed by atoms with Crippen LogP contribution in [0.1, 0.15) is 30.1 Å². The fourth-order valence-corrected chi connectivity index (χ4v) is 2.86. The van der Waals surface area contributed by atoms with Crippen LogP contribution in [0.4, 0.5) is 14.6 Å². The molecule has 5 nitrogen and oxygen atoms in total. The van der Waals surface area contributed by atoms with Gasteiger partial charge in [-0.15, -0.1) is 0 Å². The van der Waals surface area contributed by atoms with Gasteiger partial charge < -0.3 is 14.4 Å². The second-order valence-corrected chi connectivity index (χ2v) is 6.12. The zero-order chi connectivity index (χ0) is 17.8. The van der Waals surface area contributed by atoms with Crippen LogP contribution in [0.15, 0.2) is 24.3 Å². The van der Waals surface area contributed by atoms with Crippen LogP contribution in [0.3, 0.4) is 0 Å². The Morgan fingerprint density at radius 3 is 2.60 bits per heavy atom. The van der Waals surface area contributed by atoms with Crippen molar-refractivity contribution in [3.63, 3.8) is 0 Å². The van der Waals surface area contributed by atoms with Crippen LogP contribution in [0.25, 0.3) is 0 Å². The number of halogens is 2. The van der Waals surface area contributed by atoms with Crippen molar-refractivity contribution in [3.8, 4) is 5.88 Å². The monoisotopic (exact) mass is 349 g/mol. The second-order valence-electron chi connectivity index (χ2n) is 6.12. The summed E-state index contributed by atoms with van der Waals surface area (Å²) in [5, 5.41) is 0. The average molecular weight is 349 g/mol. The zero-order valence-electron chi connectivity index (χ0n) is 14.3. The van der Waals surface area contributed by atoms with Gasteiger partial charge in [0.15, 0.2) is 11.6 Å². The van der Waals surface area contributed by atoms with Crippen molar-refractivity contribution in [2.75, 3.05) is 32.3 Å². The number of ether oxygens (including phenoxy) is 2. The Hall–Kier alpha value is -2.28. The van der Waals surface area contributed by atoms with Crippen LogP contribution in [0.2, 0.25) is 0 Å². The lowest BCUT2D eigenvalue weighted by molar-refractivity contribution is 0.0834. The molecule has 2 aromatic rings. The van der Waals surface area contributed by atoms with Gasteiger partial charge in [0.1, 0.15) is 11.6 Å². The van der Waals surface area contributed by atoms with Crippen molar-refractivity contribution in [1.29, 1.82) is 0 Å². The number of aromatic nitrogens is 2. The molecule has 1 aliphatic heterocycles. The molecule has 2 heterocycles. The Bertz CT molecular complexity index is 736. The molecule has 0 unspecified atom stereocenters. The molecule has 7 heteroatoms. The summed E-state index contributed by atoms with van der Waals surface area (Å²) in [5.41, 5.74) is 0.659. The van der Waals surface area contributed by atoms with Crippen molar-refractivity contribution < 1.29 is 18.3 Å². The van der Waals surface area contributed by atoms with Crippen molar-refractivity contribution in [3.05, 3.63) is 47.3 Å². The van der Waals surface area contributed by atoms with E-state index < -0.39 is 11.6 Å². The van der Waals surface area contributed by atoms with Gasteiger partial charge in [-0.05, 0) is 30.5 Å². The van der Waals surface area contributed by atoms with Crippen molar-refractivity contribution >= 4 is 5.82 Å². The predicted octanol–water partition coefficient (Wildman–Crippen LogP) is 3.29. The minimum atomic E-state index is -0.853. The highest BCUT2D eigenvalue weighted by molar-refractivity contribution is 5.42. The molecule has 1 saturated heterocycles. The molecule has 25 heavy (non-hydrogen) atoms. The van der Waals surface area contributed by atoms with Gasteiger partial charge in [0.05, 0.1) is 7.11 Å². The molecule has 0 amide bonds. The minimum absolute atomic E-state index is 0.235. The van der Waals surface area contributed by atoms with Gasteiger partial charge in [-0.2, -0.15) is 4.98 Å². The maximum Gasteiger partial charge on any atom is 0.218 e. The van der Waals surface area contributed by atoms with Crippen molar-refractivity contribution in [1.82, 2.24) is 9.97 Å². The number of nitrogens with zero attached hydrogens (tertiary/aromatic N) is 3. The highest BCUT2D eigenvalue weighted by atomic mass is 19.2. The van der Waals surface area contributed by atoms with E-state index in [-0.39, 0.29) is 5.92 Å². The first kappa shape index (κ1) is 17.5. The standard InChI is InChI=1S/C18H21F2N3O2/c1-23(11-12-3-4-14(19)15(20)9-12)16-10-17(24-2)22-18(21-16)13-5-7-25-8-6-13/h3-4,9-10,13H,5-8,11H2,1-2H3. The molecule has 1 aliphatic rings. The van der Waals surface area contributed by atoms with Gasteiger partial charge >= 0.3 is 0 Å². The average Bonchev–Trinajstić information content (AvgIpc) is 2.65.